The van der Waals surface area contributed by atoms with E-state index in [-0.39, 0.29) is 12.7 Å². The molecule has 0 aliphatic carbocycles. The highest BCUT2D eigenvalue weighted by Gasteiger charge is 2.19. The molecule has 0 radical (unpaired) electrons. The third kappa shape index (κ3) is 4.93. The first kappa shape index (κ1) is 19.4. The van der Waals surface area contributed by atoms with E-state index >= 15 is 0 Å². The minimum Gasteiger partial charge on any atom is -0.454 e. The molecule has 152 valence electrons. The number of ether oxygens (including phenoxy) is 2. The molecule has 1 aliphatic heterocycles. The molecular weight excluding hydrogens is 392 g/mol. The number of amides is 1. The Morgan fingerprint density at radius 1 is 1.24 bits per heavy atom. The summed E-state index contributed by atoms with van der Waals surface area (Å²) in [6.07, 6.45) is 0.955. The Kier molecular flexibility index (Phi) is 6.06. The molecule has 9 heteroatoms. The second kappa shape index (κ2) is 9.06. The number of quaternary nitrogens is 1. The number of benzene rings is 1. The normalized spacial score (nSPS) is 13.4. The van der Waals surface area contributed by atoms with Crippen LogP contribution in [0.25, 0.3) is 10.8 Å². The maximum absolute atomic E-state index is 12.5. The predicted octanol–water partition coefficient (Wildman–Crippen LogP) is 1.64. The topological polar surface area (TPSA) is 90.9 Å². The Balaban J connectivity index is 1.31. The minimum absolute atomic E-state index is 0.0240. The lowest BCUT2D eigenvalue weighted by molar-refractivity contribution is -0.907. The van der Waals surface area contributed by atoms with Crippen LogP contribution in [0.15, 0.2) is 40.1 Å². The average Bonchev–Trinajstić information content (AvgIpc) is 3.46. The Labute approximate surface area is 172 Å². The van der Waals surface area contributed by atoms with Crippen LogP contribution in [0.1, 0.15) is 24.8 Å². The summed E-state index contributed by atoms with van der Waals surface area (Å²) in [7, 11) is 0. The quantitative estimate of drug-likeness (QED) is 0.552. The van der Waals surface area contributed by atoms with Gasteiger partial charge in [0.2, 0.25) is 6.79 Å². The molecule has 1 amide bonds. The molecule has 1 atom stereocenters. The fourth-order valence-corrected chi connectivity index (χ4v) is 3.82. The third-order valence-corrected chi connectivity index (χ3v) is 5.40. The summed E-state index contributed by atoms with van der Waals surface area (Å²) in [5.74, 6) is 2.50. The monoisotopic (exact) mass is 415 g/mol. The van der Waals surface area contributed by atoms with Gasteiger partial charge < -0.3 is 24.1 Å². The first-order chi connectivity index (χ1) is 14.2. The molecule has 3 aromatic rings. The number of aromatic nitrogens is 2. The largest absolute Gasteiger partial charge is 0.454 e. The van der Waals surface area contributed by atoms with Crippen molar-refractivity contribution in [2.45, 2.75) is 26.4 Å². The molecule has 0 saturated carbocycles. The maximum Gasteiger partial charge on any atom is 0.275 e. The lowest BCUT2D eigenvalue weighted by Crippen LogP contribution is -3.12. The van der Waals surface area contributed by atoms with E-state index in [1.165, 1.54) is 0 Å². The van der Waals surface area contributed by atoms with Crippen LogP contribution in [0.2, 0.25) is 0 Å². The van der Waals surface area contributed by atoms with Crippen LogP contribution in [-0.4, -0.2) is 36.0 Å². The van der Waals surface area contributed by atoms with E-state index in [1.54, 1.807) is 11.3 Å². The highest BCUT2D eigenvalue weighted by molar-refractivity contribution is 7.13. The summed E-state index contributed by atoms with van der Waals surface area (Å²) >= 11 is 1.56. The number of carbonyl (C=O) groups is 1. The molecule has 1 aromatic carbocycles. The van der Waals surface area contributed by atoms with Gasteiger partial charge in [0.1, 0.15) is 0 Å². The lowest BCUT2D eigenvalue weighted by Gasteiger charge is -2.16. The molecule has 0 saturated heterocycles. The number of nitrogens with zero attached hydrogens (tertiary/aromatic N) is 2. The average molecular weight is 415 g/mol. The maximum atomic E-state index is 12.5. The van der Waals surface area contributed by atoms with Crippen molar-refractivity contribution in [1.82, 2.24) is 15.5 Å². The first-order valence-corrected chi connectivity index (χ1v) is 10.4. The second-order valence-corrected chi connectivity index (χ2v) is 7.74. The molecule has 8 nitrogen and oxygen atoms in total. The van der Waals surface area contributed by atoms with Gasteiger partial charge in [0.25, 0.3) is 17.7 Å². The van der Waals surface area contributed by atoms with Crippen LogP contribution >= 0.6 is 11.3 Å². The fourth-order valence-electron chi connectivity index (χ4n) is 3.17. The molecule has 1 unspecified atom stereocenters. The Morgan fingerprint density at radius 3 is 2.97 bits per heavy atom. The van der Waals surface area contributed by atoms with Gasteiger partial charge in [0, 0.05) is 6.54 Å². The van der Waals surface area contributed by atoms with Crippen molar-refractivity contribution in [2.75, 3.05) is 19.9 Å². The van der Waals surface area contributed by atoms with Gasteiger partial charge in [-0.3, -0.25) is 4.79 Å². The van der Waals surface area contributed by atoms with E-state index in [4.69, 9.17) is 13.9 Å². The molecule has 0 fully saturated rings. The highest BCUT2D eigenvalue weighted by Crippen LogP contribution is 2.32. The molecule has 29 heavy (non-hydrogen) atoms. The van der Waals surface area contributed by atoms with Crippen molar-refractivity contribution in [3.63, 3.8) is 0 Å². The molecule has 3 heterocycles. The van der Waals surface area contributed by atoms with Gasteiger partial charge in [-0.05, 0) is 35.6 Å². The van der Waals surface area contributed by atoms with E-state index < -0.39 is 0 Å². The van der Waals surface area contributed by atoms with Crippen LogP contribution < -0.4 is 19.7 Å². The third-order valence-electron chi connectivity index (χ3n) is 4.54. The Bertz CT molecular complexity index is 957. The molecule has 2 aromatic heterocycles. The van der Waals surface area contributed by atoms with Crippen molar-refractivity contribution in [3.05, 3.63) is 47.2 Å². The summed E-state index contributed by atoms with van der Waals surface area (Å²) < 4.78 is 16.5. The smallest absolute Gasteiger partial charge is 0.275 e. The van der Waals surface area contributed by atoms with Crippen LogP contribution in [0.4, 0.5) is 0 Å². The standard InChI is InChI=1S/C20H22N4O4S/c1-2-7-24(12-19-22-23-20(28-19)17-4-3-8-29-17)11-18(25)21-10-14-5-6-15-16(9-14)27-13-26-15/h3-6,8-9H,2,7,10-13H2,1H3,(H,21,25)/p+1. The molecule has 1 aliphatic rings. The summed E-state index contributed by atoms with van der Waals surface area (Å²) in [5, 5.41) is 13.2. The van der Waals surface area contributed by atoms with Crippen LogP contribution in [0.5, 0.6) is 11.5 Å². The van der Waals surface area contributed by atoms with Gasteiger partial charge in [-0.15, -0.1) is 21.5 Å². The summed E-state index contributed by atoms with van der Waals surface area (Å²) in [6, 6.07) is 9.57. The summed E-state index contributed by atoms with van der Waals surface area (Å²) in [6.45, 7) is 4.48. The van der Waals surface area contributed by atoms with Crippen LogP contribution in [0, 0.1) is 0 Å². The van der Waals surface area contributed by atoms with E-state index in [0.717, 1.165) is 34.1 Å². The zero-order valence-corrected chi connectivity index (χ0v) is 17.0. The molecular formula is C20H23N4O4S+. The zero-order valence-electron chi connectivity index (χ0n) is 16.1. The molecule has 4 rings (SSSR count). The summed E-state index contributed by atoms with van der Waals surface area (Å²) in [5.41, 5.74) is 0.970. The van der Waals surface area contributed by atoms with Crippen molar-refractivity contribution in [3.8, 4) is 22.3 Å². The number of nitrogens with one attached hydrogen (secondary N) is 2. The fraction of sp³-hybridized carbons (Fsp3) is 0.350. The molecule has 2 N–H and O–H groups in total. The predicted molar refractivity (Wildman–Crippen MR) is 107 cm³/mol. The van der Waals surface area contributed by atoms with E-state index in [0.29, 0.717) is 37.2 Å². The number of thiophene rings is 1. The lowest BCUT2D eigenvalue weighted by atomic mass is 10.2. The van der Waals surface area contributed by atoms with E-state index in [1.807, 2.05) is 35.7 Å². The molecule has 0 bridgehead atoms. The van der Waals surface area contributed by atoms with Gasteiger partial charge in [-0.1, -0.05) is 19.1 Å². The number of fused-ring (bicyclic) bond motifs is 1. The molecule has 0 spiro atoms. The van der Waals surface area contributed by atoms with Gasteiger partial charge in [0.05, 0.1) is 11.4 Å². The van der Waals surface area contributed by atoms with Crippen LogP contribution in [0.3, 0.4) is 0 Å². The van der Waals surface area contributed by atoms with Crippen molar-refractivity contribution in [1.29, 1.82) is 0 Å². The van der Waals surface area contributed by atoms with Gasteiger partial charge in [-0.25, -0.2) is 0 Å². The zero-order chi connectivity index (χ0) is 20.1. The highest BCUT2D eigenvalue weighted by atomic mass is 32.1. The van der Waals surface area contributed by atoms with Crippen molar-refractivity contribution < 1.29 is 23.6 Å². The Hall–Kier alpha value is -2.91. The van der Waals surface area contributed by atoms with Crippen molar-refractivity contribution >= 4 is 17.2 Å². The number of rotatable bonds is 9. The number of carbonyl (C=O) groups excluding carboxylic acids is 1. The van der Waals surface area contributed by atoms with Crippen molar-refractivity contribution in [2.24, 2.45) is 0 Å². The first-order valence-electron chi connectivity index (χ1n) is 9.56. The second-order valence-electron chi connectivity index (χ2n) is 6.80. The van der Waals surface area contributed by atoms with Gasteiger partial charge >= 0.3 is 0 Å². The van der Waals surface area contributed by atoms with Gasteiger partial charge in [-0.2, -0.15) is 0 Å². The van der Waals surface area contributed by atoms with Gasteiger partial charge in [0.15, 0.2) is 24.6 Å². The summed E-state index contributed by atoms with van der Waals surface area (Å²) in [4.78, 5) is 14.5. The minimum atomic E-state index is -0.0240. The number of hydrogen-bond donors (Lipinski definition) is 2. The van der Waals surface area contributed by atoms with E-state index in [9.17, 15) is 4.79 Å². The SMILES string of the molecule is CCC[NH+](CC(=O)NCc1ccc2c(c1)OCO2)Cc1nnc(-c2cccs2)o1. The van der Waals surface area contributed by atoms with E-state index in [2.05, 4.69) is 22.4 Å². The Morgan fingerprint density at radius 2 is 2.14 bits per heavy atom. The van der Waals surface area contributed by atoms with Crippen LogP contribution in [-0.2, 0) is 17.9 Å². The number of hydrogen-bond acceptors (Lipinski definition) is 7.